The van der Waals surface area contributed by atoms with E-state index >= 15 is 0 Å². The Morgan fingerprint density at radius 3 is 2.03 bits per heavy atom. The second kappa shape index (κ2) is 18.6. The van der Waals surface area contributed by atoms with E-state index in [2.05, 4.69) is 21.4 Å². The normalized spacial score (nSPS) is 10.4. The lowest BCUT2D eigenvalue weighted by molar-refractivity contribution is -0.144. The van der Waals surface area contributed by atoms with Crippen molar-refractivity contribution in [1.82, 2.24) is 10.2 Å². The molecule has 0 spiro atoms. The molecular formula is C20H34N2O8. The topological polar surface area (TPSA) is 120 Å². The van der Waals surface area contributed by atoms with Gasteiger partial charge in [0.05, 0.1) is 46.7 Å². The Bertz CT molecular complexity index is 539. The van der Waals surface area contributed by atoms with Gasteiger partial charge in [-0.3, -0.25) is 14.4 Å². The number of nitrogens with one attached hydrogen (secondary N) is 1. The van der Waals surface area contributed by atoms with E-state index in [1.807, 2.05) is 4.90 Å². The minimum atomic E-state index is -0.487. The molecule has 1 N–H and O–H groups in total. The van der Waals surface area contributed by atoms with Gasteiger partial charge in [0.25, 0.3) is 0 Å². The highest BCUT2D eigenvalue weighted by atomic mass is 16.5. The molecule has 172 valence electrons. The van der Waals surface area contributed by atoms with E-state index in [-0.39, 0.29) is 44.0 Å². The van der Waals surface area contributed by atoms with Crippen LogP contribution in [-0.2, 0) is 38.1 Å². The molecule has 0 saturated heterocycles. The Morgan fingerprint density at radius 2 is 1.40 bits per heavy atom. The van der Waals surface area contributed by atoms with Crippen LogP contribution in [0.3, 0.4) is 0 Å². The van der Waals surface area contributed by atoms with E-state index in [0.717, 1.165) is 6.08 Å². The maximum Gasteiger partial charge on any atom is 0.330 e. The fraction of sp³-hybridized carbons (Fsp3) is 0.700. The molecule has 0 radical (unpaired) electrons. The summed E-state index contributed by atoms with van der Waals surface area (Å²) in [5.41, 5.74) is 0. The summed E-state index contributed by atoms with van der Waals surface area (Å²) >= 11 is 0. The monoisotopic (exact) mass is 430 g/mol. The Hall–Kier alpha value is -2.46. The van der Waals surface area contributed by atoms with Crippen LogP contribution < -0.4 is 5.32 Å². The Kier molecular flexibility index (Phi) is 17.0. The van der Waals surface area contributed by atoms with Crippen LogP contribution in [-0.4, -0.2) is 88.9 Å². The third kappa shape index (κ3) is 16.5. The average molecular weight is 430 g/mol. The van der Waals surface area contributed by atoms with Gasteiger partial charge in [-0.05, 0) is 19.4 Å². The summed E-state index contributed by atoms with van der Waals surface area (Å²) in [6, 6.07) is 0. The van der Waals surface area contributed by atoms with Gasteiger partial charge in [-0.25, -0.2) is 4.79 Å². The predicted molar refractivity (Wildman–Crippen MR) is 109 cm³/mol. The summed E-state index contributed by atoms with van der Waals surface area (Å²) in [6.07, 6.45) is 2.98. The van der Waals surface area contributed by atoms with Crippen LogP contribution in [0.1, 0.15) is 32.1 Å². The predicted octanol–water partition coefficient (Wildman–Crippen LogP) is 0.447. The van der Waals surface area contributed by atoms with E-state index in [9.17, 15) is 19.2 Å². The van der Waals surface area contributed by atoms with E-state index in [1.54, 1.807) is 0 Å². The van der Waals surface area contributed by atoms with Gasteiger partial charge in [0.15, 0.2) is 0 Å². The quantitative estimate of drug-likeness (QED) is 0.142. The number of carbonyl (C=O) groups is 4. The number of nitrogens with zero attached hydrogens (tertiary/aromatic N) is 1. The zero-order chi connectivity index (χ0) is 22.6. The van der Waals surface area contributed by atoms with Crippen LogP contribution in [0.2, 0.25) is 0 Å². The number of hydrogen-bond acceptors (Lipinski definition) is 10. The molecule has 0 aliphatic carbocycles. The molecule has 0 amide bonds. The molecule has 0 saturated carbocycles. The second-order valence-electron chi connectivity index (χ2n) is 6.29. The average Bonchev–Trinajstić information content (AvgIpc) is 2.76. The van der Waals surface area contributed by atoms with Gasteiger partial charge >= 0.3 is 23.9 Å². The molecule has 0 aromatic rings. The number of carbonyl (C=O) groups excluding carboxylic acids is 4. The largest absolute Gasteiger partial charge is 0.469 e. The fourth-order valence-electron chi connectivity index (χ4n) is 2.33. The van der Waals surface area contributed by atoms with Gasteiger partial charge in [-0.2, -0.15) is 0 Å². The van der Waals surface area contributed by atoms with Crippen molar-refractivity contribution in [2.75, 3.05) is 60.2 Å². The summed E-state index contributed by atoms with van der Waals surface area (Å²) in [7, 11) is 2.67. The van der Waals surface area contributed by atoms with Gasteiger partial charge in [-0.15, -0.1) is 0 Å². The first kappa shape index (κ1) is 27.5. The highest BCUT2D eigenvalue weighted by Crippen LogP contribution is 2.00. The summed E-state index contributed by atoms with van der Waals surface area (Å²) in [5, 5.41) is 3.06. The Labute approximate surface area is 177 Å². The first-order valence-corrected chi connectivity index (χ1v) is 9.94. The SMILES string of the molecule is C=CC(=O)OCCCN(CCC(=O)OC)CCC(=O)OCCCNCCC(=O)OC. The van der Waals surface area contributed by atoms with Crippen molar-refractivity contribution < 1.29 is 38.1 Å². The van der Waals surface area contributed by atoms with Gasteiger partial charge in [0, 0.05) is 32.3 Å². The molecule has 0 atom stereocenters. The third-order valence-electron chi connectivity index (χ3n) is 4.02. The number of hydrogen-bond donors (Lipinski definition) is 1. The Balaban J connectivity index is 4.03. The van der Waals surface area contributed by atoms with Crippen molar-refractivity contribution in [3.05, 3.63) is 12.7 Å². The van der Waals surface area contributed by atoms with Crippen LogP contribution in [0, 0.1) is 0 Å². The van der Waals surface area contributed by atoms with Crippen molar-refractivity contribution in [3.8, 4) is 0 Å². The minimum absolute atomic E-state index is 0.184. The number of esters is 4. The van der Waals surface area contributed by atoms with Gasteiger partial charge < -0.3 is 29.2 Å². The fourth-order valence-corrected chi connectivity index (χ4v) is 2.33. The summed E-state index contributed by atoms with van der Waals surface area (Å²) < 4.78 is 19.3. The molecule has 0 bridgehead atoms. The smallest absolute Gasteiger partial charge is 0.330 e. The lowest BCUT2D eigenvalue weighted by Gasteiger charge is -2.21. The summed E-state index contributed by atoms with van der Waals surface area (Å²) in [4.78, 5) is 47.2. The van der Waals surface area contributed by atoms with Gasteiger partial charge in [0.2, 0.25) is 0 Å². The number of rotatable bonds is 18. The molecule has 0 aliphatic heterocycles. The van der Waals surface area contributed by atoms with E-state index in [0.29, 0.717) is 52.0 Å². The molecule has 0 aromatic carbocycles. The van der Waals surface area contributed by atoms with E-state index in [1.165, 1.54) is 14.2 Å². The molecule has 0 heterocycles. The van der Waals surface area contributed by atoms with Crippen molar-refractivity contribution in [2.45, 2.75) is 32.1 Å². The first-order valence-electron chi connectivity index (χ1n) is 9.94. The first-order chi connectivity index (χ1) is 14.4. The minimum Gasteiger partial charge on any atom is -0.469 e. The van der Waals surface area contributed by atoms with Crippen molar-refractivity contribution in [2.24, 2.45) is 0 Å². The molecule has 0 fully saturated rings. The molecule has 10 nitrogen and oxygen atoms in total. The zero-order valence-electron chi connectivity index (χ0n) is 18.0. The van der Waals surface area contributed by atoms with Crippen LogP contribution in [0.5, 0.6) is 0 Å². The maximum atomic E-state index is 11.9. The van der Waals surface area contributed by atoms with Crippen molar-refractivity contribution in [1.29, 1.82) is 0 Å². The third-order valence-corrected chi connectivity index (χ3v) is 4.02. The molecular weight excluding hydrogens is 396 g/mol. The van der Waals surface area contributed by atoms with Gasteiger partial charge in [-0.1, -0.05) is 6.58 Å². The zero-order valence-corrected chi connectivity index (χ0v) is 18.0. The standard InChI is InChI=1S/C20H34N2O8/c1-4-17(23)29-16-6-12-22(13-8-19(25)28-3)14-9-20(26)30-15-5-10-21-11-7-18(24)27-2/h4,21H,1,5-16H2,2-3H3. The van der Waals surface area contributed by atoms with Crippen LogP contribution in [0.25, 0.3) is 0 Å². The number of methoxy groups -OCH3 is 2. The highest BCUT2D eigenvalue weighted by molar-refractivity contribution is 5.81. The molecule has 0 rings (SSSR count). The van der Waals surface area contributed by atoms with E-state index < -0.39 is 5.97 Å². The Morgan fingerprint density at radius 1 is 0.800 bits per heavy atom. The highest BCUT2D eigenvalue weighted by Gasteiger charge is 2.12. The summed E-state index contributed by atoms with van der Waals surface area (Å²) in [6.45, 7) is 6.38. The van der Waals surface area contributed by atoms with E-state index in [4.69, 9.17) is 9.47 Å². The van der Waals surface area contributed by atoms with Crippen molar-refractivity contribution in [3.63, 3.8) is 0 Å². The van der Waals surface area contributed by atoms with Crippen LogP contribution >= 0.6 is 0 Å². The molecule has 10 heteroatoms. The molecule has 0 unspecified atom stereocenters. The number of ether oxygens (including phenoxy) is 4. The molecule has 0 aliphatic rings. The second-order valence-corrected chi connectivity index (χ2v) is 6.29. The van der Waals surface area contributed by atoms with Crippen molar-refractivity contribution >= 4 is 23.9 Å². The van der Waals surface area contributed by atoms with Crippen LogP contribution in [0.4, 0.5) is 0 Å². The van der Waals surface area contributed by atoms with Crippen LogP contribution in [0.15, 0.2) is 12.7 Å². The lowest BCUT2D eigenvalue weighted by atomic mass is 10.3. The molecule has 0 aromatic heterocycles. The summed E-state index contributed by atoms with van der Waals surface area (Å²) in [5.74, 6) is -1.42. The van der Waals surface area contributed by atoms with Gasteiger partial charge in [0.1, 0.15) is 0 Å². The maximum absolute atomic E-state index is 11.9. The molecule has 30 heavy (non-hydrogen) atoms. The lowest BCUT2D eigenvalue weighted by Crippen LogP contribution is -2.31.